The molecule has 0 amide bonds. The van der Waals surface area contributed by atoms with E-state index in [1.165, 1.54) is 6.07 Å². The predicted molar refractivity (Wildman–Crippen MR) is 73.9 cm³/mol. The van der Waals surface area contributed by atoms with Gasteiger partial charge in [0.05, 0.1) is 0 Å². The van der Waals surface area contributed by atoms with Crippen LogP contribution in [0.15, 0.2) is 24.8 Å². The number of hydrogen-bond acceptors (Lipinski definition) is 1. The molecule has 0 aliphatic carbocycles. The Morgan fingerprint density at radius 3 is 2.59 bits per heavy atom. The molecule has 0 aliphatic heterocycles. The van der Waals surface area contributed by atoms with Crippen molar-refractivity contribution < 1.29 is 4.39 Å². The Morgan fingerprint density at radius 2 is 2.06 bits per heavy atom. The van der Waals surface area contributed by atoms with E-state index in [4.69, 9.17) is 0 Å². The van der Waals surface area contributed by atoms with Crippen LogP contribution in [-0.4, -0.2) is 12.6 Å². The third kappa shape index (κ3) is 3.58. The molecular weight excluding hydrogens is 213 g/mol. The molecular formula is C15H22FN. The molecule has 17 heavy (non-hydrogen) atoms. The Bertz CT molecular complexity index is 373. The van der Waals surface area contributed by atoms with E-state index in [-0.39, 0.29) is 5.82 Å². The first kappa shape index (κ1) is 13.8. The molecule has 0 saturated heterocycles. The number of benzene rings is 1. The Balaban J connectivity index is 3.08. The van der Waals surface area contributed by atoms with Crippen molar-refractivity contribution in [3.05, 3.63) is 36.2 Å². The van der Waals surface area contributed by atoms with Crippen LogP contribution in [0.25, 0.3) is 6.08 Å². The highest BCUT2D eigenvalue weighted by Gasteiger charge is 2.13. The summed E-state index contributed by atoms with van der Waals surface area (Å²) < 4.78 is 13.5. The number of nitrogens with zero attached hydrogens (tertiary/aromatic N) is 1. The summed E-state index contributed by atoms with van der Waals surface area (Å²) in [5, 5.41) is 0. The van der Waals surface area contributed by atoms with Gasteiger partial charge in [-0.15, -0.1) is 0 Å². The third-order valence-electron chi connectivity index (χ3n) is 3.06. The Morgan fingerprint density at radius 1 is 1.35 bits per heavy atom. The Hall–Kier alpha value is -1.31. The maximum Gasteiger partial charge on any atom is 0.125 e. The molecule has 1 aromatic rings. The summed E-state index contributed by atoms with van der Waals surface area (Å²) in [6.45, 7) is 11.1. The predicted octanol–water partition coefficient (Wildman–Crippen LogP) is 4.48. The molecule has 1 unspecified atom stereocenters. The van der Waals surface area contributed by atoms with E-state index in [2.05, 4.69) is 32.3 Å². The fraction of sp³-hybridized carbons (Fsp3) is 0.467. The van der Waals surface area contributed by atoms with Gasteiger partial charge >= 0.3 is 0 Å². The van der Waals surface area contributed by atoms with E-state index >= 15 is 0 Å². The van der Waals surface area contributed by atoms with Gasteiger partial charge in [0, 0.05) is 18.3 Å². The van der Waals surface area contributed by atoms with Crippen molar-refractivity contribution in [2.75, 3.05) is 11.4 Å². The van der Waals surface area contributed by atoms with Crippen molar-refractivity contribution in [3.63, 3.8) is 0 Å². The lowest BCUT2D eigenvalue weighted by atomic mass is 10.1. The number of anilines is 1. The van der Waals surface area contributed by atoms with Gasteiger partial charge in [-0.1, -0.05) is 26.5 Å². The van der Waals surface area contributed by atoms with Gasteiger partial charge in [0.1, 0.15) is 5.82 Å². The molecule has 0 saturated carbocycles. The average Bonchev–Trinajstić information content (AvgIpc) is 2.34. The molecule has 1 nitrogen and oxygen atoms in total. The van der Waals surface area contributed by atoms with Gasteiger partial charge in [-0.3, -0.25) is 0 Å². The minimum absolute atomic E-state index is 0.193. The summed E-state index contributed by atoms with van der Waals surface area (Å²) in [7, 11) is 0. The minimum atomic E-state index is -0.193. The smallest absolute Gasteiger partial charge is 0.125 e. The number of halogens is 1. The zero-order valence-corrected chi connectivity index (χ0v) is 11.0. The lowest BCUT2D eigenvalue weighted by Gasteiger charge is -2.30. The van der Waals surface area contributed by atoms with Crippen molar-refractivity contribution in [1.82, 2.24) is 0 Å². The largest absolute Gasteiger partial charge is 0.369 e. The van der Waals surface area contributed by atoms with Crippen molar-refractivity contribution in [1.29, 1.82) is 0 Å². The van der Waals surface area contributed by atoms with Crippen LogP contribution in [0.1, 0.15) is 39.2 Å². The molecule has 2 heteroatoms. The second-order valence-electron chi connectivity index (χ2n) is 4.40. The van der Waals surface area contributed by atoms with Crippen LogP contribution in [0.2, 0.25) is 0 Å². The number of hydrogen-bond donors (Lipinski definition) is 0. The molecule has 0 fully saturated rings. The third-order valence-corrected chi connectivity index (χ3v) is 3.06. The van der Waals surface area contributed by atoms with Crippen molar-refractivity contribution in [2.45, 2.75) is 39.7 Å². The van der Waals surface area contributed by atoms with Crippen molar-refractivity contribution in [3.8, 4) is 0 Å². The standard InChI is InChI=1S/C15H22FN/c1-5-8-17(12(4)6-2)15-10-13(7-3)9-14(16)11-15/h7,9-12H,3,5-6,8H2,1-2,4H3. The van der Waals surface area contributed by atoms with Crippen LogP contribution < -0.4 is 4.90 Å². The highest BCUT2D eigenvalue weighted by molar-refractivity contribution is 5.58. The maximum absolute atomic E-state index is 13.5. The first-order chi connectivity index (χ1) is 8.12. The van der Waals surface area contributed by atoms with Gasteiger partial charge in [0.25, 0.3) is 0 Å². The molecule has 1 atom stereocenters. The lowest BCUT2D eigenvalue weighted by Crippen LogP contribution is -2.33. The van der Waals surface area contributed by atoms with Crippen LogP contribution in [0, 0.1) is 5.82 Å². The van der Waals surface area contributed by atoms with E-state index in [1.54, 1.807) is 12.1 Å². The van der Waals surface area contributed by atoms with E-state index < -0.39 is 0 Å². The van der Waals surface area contributed by atoms with Crippen molar-refractivity contribution in [2.24, 2.45) is 0 Å². The van der Waals surface area contributed by atoms with Gasteiger partial charge in [-0.25, -0.2) is 4.39 Å². The summed E-state index contributed by atoms with van der Waals surface area (Å²) >= 11 is 0. The van der Waals surface area contributed by atoms with Crippen LogP contribution in [0.5, 0.6) is 0 Å². The van der Waals surface area contributed by atoms with E-state index in [9.17, 15) is 4.39 Å². The second kappa shape index (κ2) is 6.43. The number of rotatable bonds is 6. The molecule has 1 aromatic carbocycles. The van der Waals surface area contributed by atoms with E-state index in [1.807, 2.05) is 6.07 Å². The summed E-state index contributed by atoms with van der Waals surface area (Å²) in [5.41, 5.74) is 1.79. The van der Waals surface area contributed by atoms with Gasteiger partial charge in [-0.2, -0.15) is 0 Å². The Kier molecular flexibility index (Phi) is 5.20. The summed E-state index contributed by atoms with van der Waals surface area (Å²) in [5.74, 6) is -0.193. The molecule has 0 heterocycles. The molecule has 1 rings (SSSR count). The van der Waals surface area contributed by atoms with Crippen molar-refractivity contribution >= 4 is 11.8 Å². The molecule has 0 N–H and O–H groups in total. The Labute approximate surface area is 104 Å². The van der Waals surface area contributed by atoms with Crippen LogP contribution in [0.4, 0.5) is 10.1 Å². The van der Waals surface area contributed by atoms with Gasteiger partial charge in [0.2, 0.25) is 0 Å². The average molecular weight is 235 g/mol. The maximum atomic E-state index is 13.5. The monoisotopic (exact) mass is 235 g/mol. The summed E-state index contributed by atoms with van der Waals surface area (Å²) in [4.78, 5) is 2.26. The quantitative estimate of drug-likeness (QED) is 0.702. The first-order valence-electron chi connectivity index (χ1n) is 6.32. The summed E-state index contributed by atoms with van der Waals surface area (Å²) in [6, 6.07) is 5.54. The topological polar surface area (TPSA) is 3.24 Å². The molecule has 0 bridgehead atoms. The zero-order valence-electron chi connectivity index (χ0n) is 11.0. The molecule has 94 valence electrons. The van der Waals surface area contributed by atoms with Crippen LogP contribution in [-0.2, 0) is 0 Å². The zero-order chi connectivity index (χ0) is 12.8. The first-order valence-corrected chi connectivity index (χ1v) is 6.32. The lowest BCUT2D eigenvalue weighted by molar-refractivity contribution is 0.599. The van der Waals surface area contributed by atoms with Crippen LogP contribution >= 0.6 is 0 Å². The van der Waals surface area contributed by atoms with Crippen LogP contribution in [0.3, 0.4) is 0 Å². The molecule has 0 radical (unpaired) electrons. The SMILES string of the molecule is C=Cc1cc(F)cc(N(CCC)C(C)CC)c1. The van der Waals surface area contributed by atoms with E-state index in [0.717, 1.165) is 30.6 Å². The second-order valence-corrected chi connectivity index (χ2v) is 4.40. The highest BCUT2D eigenvalue weighted by atomic mass is 19.1. The van der Waals surface area contributed by atoms with Gasteiger partial charge in [-0.05, 0) is 43.5 Å². The molecule has 0 spiro atoms. The normalized spacial score (nSPS) is 12.2. The molecule has 0 aromatic heterocycles. The fourth-order valence-corrected chi connectivity index (χ4v) is 1.95. The fourth-order valence-electron chi connectivity index (χ4n) is 1.95. The summed E-state index contributed by atoms with van der Waals surface area (Å²) in [6.07, 6.45) is 3.80. The molecule has 0 aliphatic rings. The minimum Gasteiger partial charge on any atom is -0.369 e. The highest BCUT2D eigenvalue weighted by Crippen LogP contribution is 2.22. The van der Waals surface area contributed by atoms with Gasteiger partial charge in [0.15, 0.2) is 0 Å². The van der Waals surface area contributed by atoms with E-state index in [0.29, 0.717) is 6.04 Å². The van der Waals surface area contributed by atoms with Gasteiger partial charge < -0.3 is 4.90 Å².